The topological polar surface area (TPSA) is 0 Å². The SMILES string of the molecule is CC[SiH](CC)CC1CCCCC1. The summed E-state index contributed by atoms with van der Waals surface area (Å²) in [5.41, 5.74) is 0. The maximum Gasteiger partial charge on any atom is 0.0365 e. The first kappa shape index (κ1) is 10.3. The predicted molar refractivity (Wildman–Crippen MR) is 59.5 cm³/mol. The molecule has 0 bridgehead atoms. The standard InChI is InChI=1S/C11H24Si/c1-3-12(4-2)10-11-8-6-5-7-9-11/h11-12H,3-10H2,1-2H3. The van der Waals surface area contributed by atoms with E-state index >= 15 is 0 Å². The molecule has 1 aliphatic rings. The molecule has 0 aromatic rings. The fourth-order valence-corrected chi connectivity index (χ4v) is 5.17. The number of hydrogen-bond donors (Lipinski definition) is 0. The Hall–Kier alpha value is 0.217. The van der Waals surface area contributed by atoms with Gasteiger partial charge in [-0.15, -0.1) is 0 Å². The van der Waals surface area contributed by atoms with Crippen LogP contribution < -0.4 is 0 Å². The summed E-state index contributed by atoms with van der Waals surface area (Å²) < 4.78 is 0. The molecule has 0 saturated heterocycles. The quantitative estimate of drug-likeness (QED) is 0.583. The summed E-state index contributed by atoms with van der Waals surface area (Å²) in [6.45, 7) is 4.81. The molecule has 12 heavy (non-hydrogen) atoms. The first-order valence-corrected chi connectivity index (χ1v) is 8.31. The van der Waals surface area contributed by atoms with Gasteiger partial charge in [0.2, 0.25) is 0 Å². The van der Waals surface area contributed by atoms with Gasteiger partial charge in [0, 0.05) is 8.80 Å². The first-order valence-electron chi connectivity index (χ1n) is 5.86. The van der Waals surface area contributed by atoms with Crippen molar-refractivity contribution in [2.24, 2.45) is 5.92 Å². The monoisotopic (exact) mass is 184 g/mol. The van der Waals surface area contributed by atoms with Gasteiger partial charge in [0.15, 0.2) is 0 Å². The summed E-state index contributed by atoms with van der Waals surface area (Å²) in [4.78, 5) is 0. The third kappa shape index (κ3) is 3.30. The molecule has 1 aliphatic carbocycles. The van der Waals surface area contributed by atoms with Gasteiger partial charge in [-0.3, -0.25) is 0 Å². The van der Waals surface area contributed by atoms with Crippen LogP contribution in [0.4, 0.5) is 0 Å². The van der Waals surface area contributed by atoms with E-state index in [0.717, 1.165) is 5.92 Å². The van der Waals surface area contributed by atoms with Crippen LogP contribution in [-0.2, 0) is 0 Å². The van der Waals surface area contributed by atoms with Crippen molar-refractivity contribution in [3.8, 4) is 0 Å². The average Bonchev–Trinajstić information content (AvgIpc) is 2.16. The van der Waals surface area contributed by atoms with Crippen molar-refractivity contribution >= 4 is 8.80 Å². The van der Waals surface area contributed by atoms with E-state index in [1.807, 2.05) is 0 Å². The van der Waals surface area contributed by atoms with Gasteiger partial charge < -0.3 is 0 Å². The summed E-state index contributed by atoms with van der Waals surface area (Å²) in [5.74, 6) is 1.15. The lowest BCUT2D eigenvalue weighted by Gasteiger charge is -2.24. The minimum Gasteiger partial charge on any atom is -0.0680 e. The van der Waals surface area contributed by atoms with Gasteiger partial charge in [0.1, 0.15) is 0 Å². The molecule has 0 atom stereocenters. The molecule has 1 heteroatoms. The average molecular weight is 184 g/mol. The van der Waals surface area contributed by atoms with Crippen LogP contribution in [0, 0.1) is 5.92 Å². The summed E-state index contributed by atoms with van der Waals surface area (Å²) in [7, 11) is -0.265. The molecule has 0 heterocycles. The van der Waals surface area contributed by atoms with Crippen molar-refractivity contribution in [3.63, 3.8) is 0 Å². The molecule has 0 spiro atoms. The Labute approximate surface area is 79.4 Å². The second-order valence-electron chi connectivity index (χ2n) is 4.42. The van der Waals surface area contributed by atoms with Crippen molar-refractivity contribution in [1.82, 2.24) is 0 Å². The van der Waals surface area contributed by atoms with E-state index in [-0.39, 0.29) is 8.80 Å². The van der Waals surface area contributed by atoms with Gasteiger partial charge >= 0.3 is 0 Å². The molecular formula is C11H24Si. The molecular weight excluding hydrogens is 160 g/mol. The summed E-state index contributed by atoms with van der Waals surface area (Å²) in [5, 5.41) is 0. The molecule has 1 rings (SSSR count). The fraction of sp³-hybridized carbons (Fsp3) is 1.00. The van der Waals surface area contributed by atoms with Crippen LogP contribution in [0.3, 0.4) is 0 Å². The normalized spacial score (nSPS) is 20.2. The van der Waals surface area contributed by atoms with E-state index < -0.39 is 0 Å². The van der Waals surface area contributed by atoms with Crippen LogP contribution in [0.5, 0.6) is 0 Å². The van der Waals surface area contributed by atoms with Crippen molar-refractivity contribution in [3.05, 3.63) is 0 Å². The van der Waals surface area contributed by atoms with Crippen LogP contribution in [0.2, 0.25) is 18.1 Å². The smallest absolute Gasteiger partial charge is 0.0365 e. The second kappa shape index (κ2) is 5.79. The zero-order valence-corrected chi connectivity index (χ0v) is 9.97. The van der Waals surface area contributed by atoms with Crippen LogP contribution in [-0.4, -0.2) is 8.80 Å². The fourth-order valence-electron chi connectivity index (χ4n) is 2.52. The molecule has 0 aromatic carbocycles. The third-order valence-electron chi connectivity index (χ3n) is 3.55. The second-order valence-corrected chi connectivity index (χ2v) is 8.26. The lowest BCUT2D eigenvalue weighted by molar-refractivity contribution is 0.382. The molecule has 0 aliphatic heterocycles. The Morgan fingerprint density at radius 2 is 1.58 bits per heavy atom. The highest BCUT2D eigenvalue weighted by Gasteiger charge is 2.17. The number of hydrogen-bond acceptors (Lipinski definition) is 0. The summed E-state index contributed by atoms with van der Waals surface area (Å²) in [6, 6.07) is 4.73. The maximum atomic E-state index is 2.41. The van der Waals surface area contributed by atoms with E-state index in [0.29, 0.717) is 0 Å². The molecule has 0 aromatic heterocycles. The largest absolute Gasteiger partial charge is 0.0680 e. The first-order chi connectivity index (χ1) is 5.86. The summed E-state index contributed by atoms with van der Waals surface area (Å²) in [6.07, 6.45) is 7.69. The lowest BCUT2D eigenvalue weighted by Crippen LogP contribution is -2.17. The van der Waals surface area contributed by atoms with E-state index in [9.17, 15) is 0 Å². The van der Waals surface area contributed by atoms with Gasteiger partial charge in [0.25, 0.3) is 0 Å². The summed E-state index contributed by atoms with van der Waals surface area (Å²) >= 11 is 0. The minimum absolute atomic E-state index is 0.265. The Morgan fingerprint density at radius 3 is 2.08 bits per heavy atom. The third-order valence-corrected chi connectivity index (χ3v) is 7.19. The Morgan fingerprint density at radius 1 is 1.00 bits per heavy atom. The molecule has 1 fully saturated rings. The highest BCUT2D eigenvalue weighted by Crippen LogP contribution is 2.29. The molecule has 0 nitrogen and oxygen atoms in total. The lowest BCUT2D eigenvalue weighted by atomic mass is 9.91. The van der Waals surface area contributed by atoms with Crippen molar-refractivity contribution in [1.29, 1.82) is 0 Å². The predicted octanol–water partition coefficient (Wildman–Crippen LogP) is 3.83. The van der Waals surface area contributed by atoms with Gasteiger partial charge in [-0.05, 0) is 5.92 Å². The van der Waals surface area contributed by atoms with E-state index in [1.54, 1.807) is 18.9 Å². The van der Waals surface area contributed by atoms with Gasteiger partial charge in [0.05, 0.1) is 0 Å². The molecule has 0 amide bonds. The Bertz CT molecular complexity index is 102. The number of rotatable bonds is 4. The Balaban J connectivity index is 2.18. The van der Waals surface area contributed by atoms with Gasteiger partial charge in [-0.25, -0.2) is 0 Å². The zero-order chi connectivity index (χ0) is 8.81. The van der Waals surface area contributed by atoms with Crippen LogP contribution in [0.1, 0.15) is 46.0 Å². The minimum atomic E-state index is -0.265. The van der Waals surface area contributed by atoms with Crippen LogP contribution in [0.15, 0.2) is 0 Å². The van der Waals surface area contributed by atoms with E-state index in [2.05, 4.69) is 13.8 Å². The van der Waals surface area contributed by atoms with E-state index in [4.69, 9.17) is 0 Å². The van der Waals surface area contributed by atoms with Crippen molar-refractivity contribution in [2.45, 2.75) is 64.1 Å². The molecule has 72 valence electrons. The molecule has 0 radical (unpaired) electrons. The van der Waals surface area contributed by atoms with Gasteiger partial charge in [-0.1, -0.05) is 64.1 Å². The molecule has 1 saturated carbocycles. The zero-order valence-electron chi connectivity index (χ0n) is 8.81. The molecule has 0 unspecified atom stereocenters. The van der Waals surface area contributed by atoms with Crippen LogP contribution in [0.25, 0.3) is 0 Å². The van der Waals surface area contributed by atoms with E-state index in [1.165, 1.54) is 31.4 Å². The van der Waals surface area contributed by atoms with Crippen molar-refractivity contribution in [2.75, 3.05) is 0 Å². The maximum absolute atomic E-state index is 2.41. The van der Waals surface area contributed by atoms with Crippen LogP contribution >= 0.6 is 0 Å². The highest BCUT2D eigenvalue weighted by molar-refractivity contribution is 6.58. The Kier molecular flexibility index (Phi) is 4.97. The highest BCUT2D eigenvalue weighted by atomic mass is 28.3. The van der Waals surface area contributed by atoms with Gasteiger partial charge in [-0.2, -0.15) is 0 Å². The van der Waals surface area contributed by atoms with Crippen molar-refractivity contribution < 1.29 is 0 Å². The molecule has 0 N–H and O–H groups in total.